The van der Waals surface area contributed by atoms with Crippen LogP contribution in [0, 0.1) is 6.92 Å². The van der Waals surface area contributed by atoms with Crippen molar-refractivity contribution in [2.24, 2.45) is 0 Å². The molecule has 2 N–H and O–H groups in total. The molecular formula is C20H22BrN3O4S. The van der Waals surface area contributed by atoms with Crippen LogP contribution in [0.4, 0.5) is 5.69 Å². The highest BCUT2D eigenvalue weighted by Gasteiger charge is 2.18. The number of hydrogen-bond acceptors (Lipinski definition) is 4. The first-order valence-electron chi connectivity index (χ1n) is 8.69. The first-order valence-corrected chi connectivity index (χ1v) is 11.0. The molecule has 2 aromatic carbocycles. The number of likely N-dealkylation sites (N-methyl/N-ethyl adjacent to an activating group) is 1. The molecule has 0 aliphatic rings. The number of benzene rings is 2. The van der Waals surface area contributed by atoms with Crippen LogP contribution in [-0.2, 0) is 19.6 Å². The first kappa shape index (κ1) is 22.8. The van der Waals surface area contributed by atoms with Gasteiger partial charge in [-0.2, -0.15) is 4.31 Å². The Morgan fingerprint density at radius 2 is 1.79 bits per heavy atom. The summed E-state index contributed by atoms with van der Waals surface area (Å²) >= 11 is 3.35. The zero-order valence-corrected chi connectivity index (χ0v) is 18.5. The Balaban J connectivity index is 1.84. The van der Waals surface area contributed by atoms with E-state index in [-0.39, 0.29) is 6.54 Å². The highest BCUT2D eigenvalue weighted by atomic mass is 79.9. The van der Waals surface area contributed by atoms with Gasteiger partial charge in [-0.25, -0.2) is 8.42 Å². The summed E-state index contributed by atoms with van der Waals surface area (Å²) in [6, 6.07) is 14.4. The number of carbonyl (C=O) groups is 2. The van der Waals surface area contributed by atoms with Gasteiger partial charge in [-0.1, -0.05) is 46.3 Å². The van der Waals surface area contributed by atoms with Crippen molar-refractivity contribution in [2.75, 3.05) is 25.5 Å². The summed E-state index contributed by atoms with van der Waals surface area (Å²) in [5.74, 6) is -0.981. The van der Waals surface area contributed by atoms with Crippen molar-refractivity contribution in [3.8, 4) is 0 Å². The molecule has 2 amide bonds. The van der Waals surface area contributed by atoms with Gasteiger partial charge in [0.1, 0.15) is 0 Å². The maximum Gasteiger partial charge on any atom is 0.243 e. The fourth-order valence-corrected chi connectivity index (χ4v) is 3.63. The van der Waals surface area contributed by atoms with E-state index in [1.54, 1.807) is 36.4 Å². The Labute approximate surface area is 179 Å². The predicted molar refractivity (Wildman–Crippen MR) is 118 cm³/mol. The van der Waals surface area contributed by atoms with Gasteiger partial charge in [-0.3, -0.25) is 9.59 Å². The average molecular weight is 480 g/mol. The quantitative estimate of drug-likeness (QED) is 0.608. The van der Waals surface area contributed by atoms with E-state index >= 15 is 0 Å². The van der Waals surface area contributed by atoms with Crippen LogP contribution in [0.25, 0.3) is 6.08 Å². The van der Waals surface area contributed by atoms with E-state index in [1.165, 1.54) is 13.1 Å². The number of hydrogen-bond donors (Lipinski definition) is 2. The van der Waals surface area contributed by atoms with E-state index < -0.39 is 28.4 Å². The Morgan fingerprint density at radius 3 is 2.45 bits per heavy atom. The van der Waals surface area contributed by atoms with E-state index in [1.807, 2.05) is 19.1 Å². The average Bonchev–Trinajstić information content (AvgIpc) is 2.68. The van der Waals surface area contributed by atoms with Crippen molar-refractivity contribution in [3.05, 3.63) is 69.5 Å². The van der Waals surface area contributed by atoms with Crippen molar-refractivity contribution in [1.29, 1.82) is 0 Å². The summed E-state index contributed by atoms with van der Waals surface area (Å²) in [4.78, 5) is 24.0. The van der Waals surface area contributed by atoms with Crippen molar-refractivity contribution in [1.82, 2.24) is 9.62 Å². The number of halogens is 1. The highest BCUT2D eigenvalue weighted by Crippen LogP contribution is 2.19. The number of nitrogens with one attached hydrogen (secondary N) is 2. The Hall–Kier alpha value is -2.49. The Morgan fingerprint density at radius 1 is 1.10 bits per heavy atom. The fourth-order valence-electron chi connectivity index (χ4n) is 2.32. The van der Waals surface area contributed by atoms with E-state index in [0.29, 0.717) is 5.69 Å². The minimum atomic E-state index is -3.76. The number of carbonyl (C=O) groups excluding carboxylic acids is 2. The van der Waals surface area contributed by atoms with E-state index in [2.05, 4.69) is 26.6 Å². The second-order valence-corrected chi connectivity index (χ2v) is 9.14. The number of sulfonamides is 1. The van der Waals surface area contributed by atoms with Gasteiger partial charge in [-0.05, 0) is 42.3 Å². The molecule has 0 saturated carbocycles. The largest absolute Gasteiger partial charge is 0.346 e. The molecule has 2 rings (SSSR count). The van der Waals surface area contributed by atoms with Crippen molar-refractivity contribution in [2.45, 2.75) is 6.92 Å². The number of rotatable bonds is 8. The molecule has 154 valence electrons. The topological polar surface area (TPSA) is 95.6 Å². The monoisotopic (exact) mass is 479 g/mol. The normalized spacial score (nSPS) is 11.6. The van der Waals surface area contributed by atoms with E-state index in [4.69, 9.17) is 0 Å². The lowest BCUT2D eigenvalue weighted by Crippen LogP contribution is -2.40. The van der Waals surface area contributed by atoms with Crippen molar-refractivity contribution < 1.29 is 18.0 Å². The zero-order valence-electron chi connectivity index (χ0n) is 16.1. The summed E-state index contributed by atoms with van der Waals surface area (Å²) < 4.78 is 26.3. The lowest BCUT2D eigenvalue weighted by atomic mass is 10.2. The summed E-state index contributed by atoms with van der Waals surface area (Å²) in [6.07, 6.45) is 1.46. The standard InChI is InChI=1S/C20H22BrN3O4S/c1-15-12-17(21)8-9-18(15)23-19(25)13-22-20(26)14-24(2)29(27,28)11-10-16-6-4-3-5-7-16/h3-12H,13-14H2,1-2H3,(H,22,26)(H,23,25)/b11-10+. The van der Waals surface area contributed by atoms with Crippen LogP contribution in [-0.4, -0.2) is 44.7 Å². The van der Waals surface area contributed by atoms with Crippen LogP contribution in [0.5, 0.6) is 0 Å². The van der Waals surface area contributed by atoms with Crippen LogP contribution in [0.2, 0.25) is 0 Å². The molecule has 0 atom stereocenters. The zero-order chi connectivity index (χ0) is 21.4. The third-order valence-electron chi connectivity index (χ3n) is 3.94. The van der Waals surface area contributed by atoms with Crippen LogP contribution >= 0.6 is 15.9 Å². The molecule has 0 bridgehead atoms. The molecule has 0 heterocycles. The molecule has 9 heteroatoms. The molecular weight excluding hydrogens is 458 g/mol. The van der Waals surface area contributed by atoms with Gasteiger partial charge in [0.15, 0.2) is 0 Å². The van der Waals surface area contributed by atoms with E-state index in [0.717, 1.165) is 25.3 Å². The predicted octanol–water partition coefficient (Wildman–Crippen LogP) is 2.74. The molecule has 29 heavy (non-hydrogen) atoms. The summed E-state index contributed by atoms with van der Waals surface area (Å²) in [7, 11) is -2.46. The number of anilines is 1. The second-order valence-electron chi connectivity index (χ2n) is 6.30. The minimum Gasteiger partial charge on any atom is -0.346 e. The van der Waals surface area contributed by atoms with Crippen LogP contribution < -0.4 is 10.6 Å². The second kappa shape index (κ2) is 10.3. The molecule has 0 aromatic heterocycles. The number of aryl methyl sites for hydroxylation is 1. The molecule has 0 fully saturated rings. The molecule has 7 nitrogen and oxygen atoms in total. The smallest absolute Gasteiger partial charge is 0.243 e. The molecule has 2 aromatic rings. The minimum absolute atomic E-state index is 0.262. The molecule has 0 unspecified atom stereocenters. The molecule has 0 saturated heterocycles. The van der Waals surface area contributed by atoms with Gasteiger partial charge in [-0.15, -0.1) is 0 Å². The SMILES string of the molecule is Cc1cc(Br)ccc1NC(=O)CNC(=O)CN(C)S(=O)(=O)/C=C/c1ccccc1. The van der Waals surface area contributed by atoms with Gasteiger partial charge in [0.25, 0.3) is 0 Å². The maximum atomic E-state index is 12.3. The molecule has 0 aliphatic carbocycles. The van der Waals surface area contributed by atoms with Crippen LogP contribution in [0.1, 0.15) is 11.1 Å². The highest BCUT2D eigenvalue weighted by molar-refractivity contribution is 9.10. The summed E-state index contributed by atoms with van der Waals surface area (Å²) in [5, 5.41) is 6.16. The van der Waals surface area contributed by atoms with Crippen molar-refractivity contribution >= 4 is 49.5 Å². The van der Waals surface area contributed by atoms with E-state index in [9.17, 15) is 18.0 Å². The van der Waals surface area contributed by atoms with Crippen molar-refractivity contribution in [3.63, 3.8) is 0 Å². The lowest BCUT2D eigenvalue weighted by Gasteiger charge is -2.14. The van der Waals surface area contributed by atoms with Gasteiger partial charge >= 0.3 is 0 Å². The van der Waals surface area contributed by atoms with Crippen LogP contribution in [0.15, 0.2) is 58.4 Å². The van der Waals surface area contributed by atoms with Crippen LogP contribution in [0.3, 0.4) is 0 Å². The van der Waals surface area contributed by atoms with Gasteiger partial charge in [0.2, 0.25) is 21.8 Å². The fraction of sp³-hybridized carbons (Fsp3) is 0.200. The maximum absolute atomic E-state index is 12.3. The molecule has 0 radical (unpaired) electrons. The summed E-state index contributed by atoms with van der Waals surface area (Å²) in [5.41, 5.74) is 2.24. The third-order valence-corrected chi connectivity index (χ3v) is 5.91. The third kappa shape index (κ3) is 7.45. The number of amides is 2. The first-order chi connectivity index (χ1) is 13.7. The van der Waals surface area contributed by atoms with Gasteiger partial charge < -0.3 is 10.6 Å². The molecule has 0 aliphatic heterocycles. The Kier molecular flexibility index (Phi) is 8.12. The van der Waals surface area contributed by atoms with Gasteiger partial charge in [0, 0.05) is 22.6 Å². The molecule has 0 spiro atoms. The lowest BCUT2D eigenvalue weighted by molar-refractivity contribution is -0.124. The summed E-state index contributed by atoms with van der Waals surface area (Å²) in [6.45, 7) is 1.19. The Bertz CT molecular complexity index is 1010. The van der Waals surface area contributed by atoms with Gasteiger partial charge in [0.05, 0.1) is 13.1 Å². The number of nitrogens with zero attached hydrogens (tertiary/aromatic N) is 1.